The second-order valence-electron chi connectivity index (χ2n) is 5.29. The molecule has 0 aliphatic heterocycles. The van der Waals surface area contributed by atoms with Crippen LogP contribution in [-0.4, -0.2) is 5.91 Å². The Bertz CT molecular complexity index is 670. The first-order valence-corrected chi connectivity index (χ1v) is 6.77. The summed E-state index contributed by atoms with van der Waals surface area (Å²) in [6.07, 6.45) is 0. The van der Waals surface area contributed by atoms with Crippen molar-refractivity contribution in [3.8, 4) is 5.75 Å². The second kappa shape index (κ2) is 5.87. The molecule has 2 aromatic carbocycles. The van der Waals surface area contributed by atoms with Gasteiger partial charge in [0.05, 0.1) is 0 Å². The lowest BCUT2D eigenvalue weighted by molar-refractivity contribution is 0.100. The van der Waals surface area contributed by atoms with Gasteiger partial charge in [-0.3, -0.25) is 4.79 Å². The van der Waals surface area contributed by atoms with Crippen molar-refractivity contribution in [1.82, 2.24) is 0 Å². The summed E-state index contributed by atoms with van der Waals surface area (Å²) in [5, 5.41) is 0. The number of anilines is 1. The molecule has 0 aliphatic carbocycles. The number of hydrogen-bond donors (Lipinski definition) is 2. The first-order chi connectivity index (χ1) is 9.88. The fraction of sp³-hybridized carbons (Fsp3) is 0.235. The highest BCUT2D eigenvalue weighted by Gasteiger charge is 2.08. The normalized spacial score (nSPS) is 10.4. The summed E-state index contributed by atoms with van der Waals surface area (Å²) >= 11 is 0. The Hall–Kier alpha value is -2.49. The van der Waals surface area contributed by atoms with E-state index in [1.165, 1.54) is 5.56 Å². The SMILES string of the molecule is Cc1cc(C)c(OCc2ccc(C(N)=O)cc2N)c(C)c1. The summed E-state index contributed by atoms with van der Waals surface area (Å²) in [7, 11) is 0. The van der Waals surface area contributed by atoms with Crippen molar-refractivity contribution >= 4 is 11.6 Å². The Morgan fingerprint density at radius 2 is 1.71 bits per heavy atom. The van der Waals surface area contributed by atoms with Crippen molar-refractivity contribution in [2.75, 3.05) is 5.73 Å². The fourth-order valence-electron chi connectivity index (χ4n) is 2.42. The summed E-state index contributed by atoms with van der Waals surface area (Å²) in [6.45, 7) is 6.46. The minimum Gasteiger partial charge on any atom is -0.488 e. The number of ether oxygens (including phenoxy) is 1. The summed E-state index contributed by atoms with van der Waals surface area (Å²) in [5.74, 6) is 0.387. The van der Waals surface area contributed by atoms with E-state index in [9.17, 15) is 4.79 Å². The zero-order chi connectivity index (χ0) is 15.6. The average molecular weight is 284 g/mol. The van der Waals surface area contributed by atoms with Crippen LogP contribution < -0.4 is 16.2 Å². The number of carbonyl (C=O) groups excluding carboxylic acids is 1. The topological polar surface area (TPSA) is 78.3 Å². The van der Waals surface area contributed by atoms with E-state index in [1.54, 1.807) is 18.2 Å². The van der Waals surface area contributed by atoms with Crippen LogP contribution in [0.2, 0.25) is 0 Å². The molecule has 0 saturated heterocycles. The zero-order valence-corrected chi connectivity index (χ0v) is 12.6. The Balaban J connectivity index is 2.19. The van der Waals surface area contributed by atoms with Crippen molar-refractivity contribution in [3.05, 3.63) is 58.1 Å². The molecule has 0 spiro atoms. The number of benzene rings is 2. The fourth-order valence-corrected chi connectivity index (χ4v) is 2.42. The van der Waals surface area contributed by atoms with Crippen LogP contribution in [0, 0.1) is 20.8 Å². The van der Waals surface area contributed by atoms with E-state index in [1.807, 2.05) is 13.8 Å². The van der Waals surface area contributed by atoms with Crippen LogP contribution in [0.5, 0.6) is 5.75 Å². The number of hydrogen-bond acceptors (Lipinski definition) is 3. The molecule has 0 radical (unpaired) electrons. The van der Waals surface area contributed by atoms with E-state index < -0.39 is 5.91 Å². The maximum absolute atomic E-state index is 11.1. The number of nitrogen functional groups attached to an aromatic ring is 1. The molecule has 4 nitrogen and oxygen atoms in total. The summed E-state index contributed by atoms with van der Waals surface area (Å²) in [6, 6.07) is 9.18. The lowest BCUT2D eigenvalue weighted by atomic mass is 10.1. The number of aryl methyl sites for hydroxylation is 3. The van der Waals surface area contributed by atoms with E-state index in [2.05, 4.69) is 19.1 Å². The number of nitrogens with two attached hydrogens (primary N) is 2. The second-order valence-corrected chi connectivity index (χ2v) is 5.29. The number of amides is 1. The van der Waals surface area contributed by atoms with Gasteiger partial charge >= 0.3 is 0 Å². The van der Waals surface area contributed by atoms with Crippen LogP contribution in [0.15, 0.2) is 30.3 Å². The Morgan fingerprint density at radius 1 is 1.10 bits per heavy atom. The van der Waals surface area contributed by atoms with Gasteiger partial charge < -0.3 is 16.2 Å². The highest BCUT2D eigenvalue weighted by Crippen LogP contribution is 2.26. The highest BCUT2D eigenvalue weighted by molar-refractivity contribution is 5.93. The Labute approximate surface area is 124 Å². The van der Waals surface area contributed by atoms with Gasteiger partial charge in [-0.05, 0) is 44.0 Å². The third-order valence-electron chi connectivity index (χ3n) is 3.41. The zero-order valence-electron chi connectivity index (χ0n) is 12.6. The van der Waals surface area contributed by atoms with Crippen molar-refractivity contribution in [1.29, 1.82) is 0 Å². The first-order valence-electron chi connectivity index (χ1n) is 6.77. The van der Waals surface area contributed by atoms with Gasteiger partial charge in [-0.15, -0.1) is 0 Å². The lowest BCUT2D eigenvalue weighted by Crippen LogP contribution is -2.12. The molecule has 0 fully saturated rings. The maximum Gasteiger partial charge on any atom is 0.248 e. The lowest BCUT2D eigenvalue weighted by Gasteiger charge is -2.14. The summed E-state index contributed by atoms with van der Waals surface area (Å²) in [4.78, 5) is 11.1. The Kier molecular flexibility index (Phi) is 4.17. The van der Waals surface area contributed by atoms with Crippen molar-refractivity contribution in [2.24, 2.45) is 5.73 Å². The van der Waals surface area contributed by atoms with E-state index >= 15 is 0 Å². The largest absolute Gasteiger partial charge is 0.488 e. The number of primary amides is 1. The van der Waals surface area contributed by atoms with Gasteiger partial charge in [-0.2, -0.15) is 0 Å². The van der Waals surface area contributed by atoms with Gasteiger partial charge in [0.2, 0.25) is 5.91 Å². The van der Waals surface area contributed by atoms with Crippen LogP contribution in [0.1, 0.15) is 32.6 Å². The Morgan fingerprint density at radius 3 is 2.24 bits per heavy atom. The molecular formula is C17H20N2O2. The number of carbonyl (C=O) groups is 1. The van der Waals surface area contributed by atoms with E-state index in [4.69, 9.17) is 16.2 Å². The third-order valence-corrected chi connectivity index (χ3v) is 3.41. The molecule has 0 atom stereocenters. The van der Waals surface area contributed by atoms with Crippen molar-refractivity contribution < 1.29 is 9.53 Å². The molecule has 1 amide bonds. The van der Waals surface area contributed by atoms with Crippen LogP contribution >= 0.6 is 0 Å². The minimum atomic E-state index is -0.487. The van der Waals surface area contributed by atoms with Gasteiger partial charge in [0.1, 0.15) is 12.4 Å². The maximum atomic E-state index is 11.1. The molecule has 0 aromatic heterocycles. The number of rotatable bonds is 4. The smallest absolute Gasteiger partial charge is 0.248 e. The summed E-state index contributed by atoms with van der Waals surface area (Å²) in [5.41, 5.74) is 16.3. The van der Waals surface area contributed by atoms with Crippen LogP contribution in [0.3, 0.4) is 0 Å². The van der Waals surface area contributed by atoms with Crippen molar-refractivity contribution in [3.63, 3.8) is 0 Å². The van der Waals surface area contributed by atoms with Crippen LogP contribution in [0.4, 0.5) is 5.69 Å². The van der Waals surface area contributed by atoms with Gasteiger partial charge in [-0.25, -0.2) is 0 Å². The van der Waals surface area contributed by atoms with Gasteiger partial charge in [-0.1, -0.05) is 23.8 Å². The molecule has 2 rings (SSSR count). The first kappa shape index (κ1) is 14.9. The van der Waals surface area contributed by atoms with Crippen LogP contribution in [0.25, 0.3) is 0 Å². The average Bonchev–Trinajstić information content (AvgIpc) is 2.38. The molecule has 0 unspecified atom stereocenters. The molecule has 0 saturated carbocycles. The van der Waals surface area contributed by atoms with Gasteiger partial charge in [0.25, 0.3) is 0 Å². The molecule has 2 aromatic rings. The standard InChI is InChI=1S/C17H20N2O2/c1-10-6-11(2)16(12(3)7-10)21-9-14-5-4-13(17(19)20)8-15(14)18/h4-8H,9,18H2,1-3H3,(H2,19,20). The third kappa shape index (κ3) is 3.34. The van der Waals surface area contributed by atoms with E-state index in [0.29, 0.717) is 17.9 Å². The molecule has 4 N–H and O–H groups in total. The monoisotopic (exact) mass is 284 g/mol. The minimum absolute atomic E-state index is 0.357. The molecule has 110 valence electrons. The molecule has 0 aliphatic rings. The molecule has 0 heterocycles. The van der Waals surface area contributed by atoms with E-state index in [-0.39, 0.29) is 0 Å². The highest BCUT2D eigenvalue weighted by atomic mass is 16.5. The molecule has 21 heavy (non-hydrogen) atoms. The van der Waals surface area contributed by atoms with Crippen molar-refractivity contribution in [2.45, 2.75) is 27.4 Å². The van der Waals surface area contributed by atoms with Gasteiger partial charge in [0.15, 0.2) is 0 Å². The predicted molar refractivity (Wildman–Crippen MR) is 84.4 cm³/mol. The summed E-state index contributed by atoms with van der Waals surface area (Å²) < 4.78 is 5.89. The van der Waals surface area contributed by atoms with Gasteiger partial charge in [0, 0.05) is 16.8 Å². The molecule has 4 heteroatoms. The quantitative estimate of drug-likeness (QED) is 0.847. The predicted octanol–water partition coefficient (Wildman–Crippen LogP) is 2.87. The molecular weight excluding hydrogens is 264 g/mol. The van der Waals surface area contributed by atoms with E-state index in [0.717, 1.165) is 22.4 Å². The molecule has 0 bridgehead atoms. The van der Waals surface area contributed by atoms with Crippen LogP contribution in [-0.2, 0) is 6.61 Å².